The van der Waals surface area contributed by atoms with Crippen LogP contribution in [0.4, 0.5) is 11.4 Å². The van der Waals surface area contributed by atoms with E-state index < -0.39 is 5.41 Å². The zero-order chi connectivity index (χ0) is 41.3. The molecule has 0 fully saturated rings. The van der Waals surface area contributed by atoms with E-state index in [0.29, 0.717) is 0 Å². The Morgan fingerprint density at radius 1 is 0.500 bits per heavy atom. The number of hydrogen-bond donors (Lipinski definition) is 1. The number of hydrogen-bond acceptors (Lipinski definition) is 1. The van der Waals surface area contributed by atoms with E-state index in [0.717, 1.165) is 23.5 Å². The summed E-state index contributed by atoms with van der Waals surface area (Å²) < 4.78 is 2.50. The molecule has 0 spiro atoms. The molecular formula is C60H44N2. The minimum atomic E-state index is -0.556. The fraction of sp³-hybridized carbons (Fsp3) is 0.0667. The number of nitrogens with zero attached hydrogens (tertiary/aromatic N) is 1. The van der Waals surface area contributed by atoms with Gasteiger partial charge in [-0.15, -0.1) is 0 Å². The Bertz CT molecular complexity index is 3370. The van der Waals surface area contributed by atoms with E-state index in [-0.39, 0.29) is 5.41 Å². The number of nitrogens with one attached hydrogen (secondary N) is 1. The molecule has 0 radical (unpaired) electrons. The van der Waals surface area contributed by atoms with Crippen LogP contribution in [0.25, 0.3) is 60.5 Å². The molecule has 1 unspecified atom stereocenters. The maximum Gasteiger partial charge on any atom is 0.0720 e. The zero-order valence-corrected chi connectivity index (χ0v) is 34.6. The average Bonchev–Trinajstić information content (AvgIpc) is 3.83. The summed E-state index contributed by atoms with van der Waals surface area (Å²) in [7, 11) is 0. The largest absolute Gasteiger partial charge is 0.355 e. The van der Waals surface area contributed by atoms with Gasteiger partial charge in [0.2, 0.25) is 0 Å². The van der Waals surface area contributed by atoms with Crippen LogP contribution < -0.4 is 5.32 Å². The van der Waals surface area contributed by atoms with Crippen molar-refractivity contribution in [1.82, 2.24) is 4.57 Å². The number of para-hydroxylation sites is 1. The molecule has 1 atom stereocenters. The number of allylic oxidation sites excluding steroid dienone is 4. The Balaban J connectivity index is 1.17. The summed E-state index contributed by atoms with van der Waals surface area (Å²) in [5.41, 5.74) is 16.5. The standard InChI is InChI=1S/C60H44N2/c1-59(36-16-5-17-37-59)53-40-44(29-33-54(53)61-47-24-10-4-11-25-47)43-30-34-55-51(39-43)57-56(62(55)48-31-28-41-18-12-13-19-42(41)38-48)35-32-50-49-26-14-15-27-52(49)60(58(50)57,45-20-6-2-7-21-45)46-22-8-3-9-23-46/h2-36,38-40,61H,37H2,1H3. The van der Waals surface area contributed by atoms with Crippen molar-refractivity contribution in [2.75, 3.05) is 5.32 Å². The highest BCUT2D eigenvalue weighted by Crippen LogP contribution is 2.59. The van der Waals surface area contributed by atoms with Crippen LogP contribution in [0.3, 0.4) is 0 Å². The molecule has 0 saturated heterocycles. The third-order valence-electron chi connectivity index (χ3n) is 13.6. The van der Waals surface area contributed by atoms with E-state index in [4.69, 9.17) is 0 Å². The van der Waals surface area contributed by atoms with Crippen LogP contribution in [0, 0.1) is 0 Å². The van der Waals surface area contributed by atoms with Crippen LogP contribution in [0.1, 0.15) is 41.2 Å². The lowest BCUT2D eigenvalue weighted by molar-refractivity contribution is 0.602. The van der Waals surface area contributed by atoms with Crippen LogP contribution in [0.15, 0.2) is 231 Å². The SMILES string of the molecule is CC1(c2cc(-c3ccc4c(c3)c3c5c(ccc3n4-c3ccc4ccccc4c3)-c3ccccc3C5(c3ccccc3)c3ccccc3)ccc2Nc2ccccc2)C=CC=CC1. The lowest BCUT2D eigenvalue weighted by Crippen LogP contribution is -2.28. The number of aromatic nitrogens is 1. The molecule has 62 heavy (non-hydrogen) atoms. The van der Waals surface area contributed by atoms with Crippen molar-refractivity contribution in [2.45, 2.75) is 24.2 Å². The second-order valence-corrected chi connectivity index (χ2v) is 17.2. The fourth-order valence-electron chi connectivity index (χ4n) is 10.7. The molecule has 12 rings (SSSR count). The quantitative estimate of drug-likeness (QED) is 0.170. The summed E-state index contributed by atoms with van der Waals surface area (Å²) >= 11 is 0. The number of anilines is 2. The van der Waals surface area contributed by atoms with E-state index in [2.05, 4.69) is 247 Å². The highest BCUT2D eigenvalue weighted by Gasteiger charge is 2.47. The van der Waals surface area contributed by atoms with Gasteiger partial charge in [0.25, 0.3) is 0 Å². The van der Waals surface area contributed by atoms with Crippen LogP contribution in [-0.4, -0.2) is 4.57 Å². The summed E-state index contributed by atoms with van der Waals surface area (Å²) in [6, 6.07) is 76.5. The van der Waals surface area contributed by atoms with E-state index >= 15 is 0 Å². The van der Waals surface area contributed by atoms with E-state index in [1.54, 1.807) is 0 Å². The van der Waals surface area contributed by atoms with E-state index in [1.165, 1.54) is 82.6 Å². The second kappa shape index (κ2) is 14.2. The molecular weight excluding hydrogens is 749 g/mol. The summed E-state index contributed by atoms with van der Waals surface area (Å²) in [5.74, 6) is 0. The molecule has 1 heterocycles. The molecule has 9 aromatic carbocycles. The maximum absolute atomic E-state index is 3.78. The van der Waals surface area contributed by atoms with Crippen LogP contribution in [-0.2, 0) is 10.8 Å². The first-order chi connectivity index (χ1) is 30.6. The minimum Gasteiger partial charge on any atom is -0.355 e. The van der Waals surface area contributed by atoms with Gasteiger partial charge >= 0.3 is 0 Å². The van der Waals surface area contributed by atoms with Gasteiger partial charge in [-0.2, -0.15) is 0 Å². The first-order valence-corrected chi connectivity index (χ1v) is 21.7. The zero-order valence-electron chi connectivity index (χ0n) is 34.6. The lowest BCUT2D eigenvalue weighted by Gasteiger charge is -2.34. The average molecular weight is 793 g/mol. The second-order valence-electron chi connectivity index (χ2n) is 17.2. The molecule has 294 valence electrons. The van der Waals surface area contributed by atoms with Gasteiger partial charge in [0.15, 0.2) is 0 Å². The normalized spacial score (nSPS) is 16.1. The predicted octanol–water partition coefficient (Wildman–Crippen LogP) is 15.5. The fourth-order valence-corrected chi connectivity index (χ4v) is 10.7. The highest BCUT2D eigenvalue weighted by atomic mass is 15.0. The predicted molar refractivity (Wildman–Crippen MR) is 261 cm³/mol. The molecule has 0 amide bonds. The molecule has 1 aromatic heterocycles. The Morgan fingerprint density at radius 3 is 1.92 bits per heavy atom. The van der Waals surface area contributed by atoms with Crippen LogP contribution >= 0.6 is 0 Å². The van der Waals surface area contributed by atoms with Crippen molar-refractivity contribution in [3.63, 3.8) is 0 Å². The molecule has 2 nitrogen and oxygen atoms in total. The van der Waals surface area contributed by atoms with Gasteiger partial charge in [0.05, 0.1) is 16.4 Å². The third-order valence-corrected chi connectivity index (χ3v) is 13.6. The Kier molecular flexibility index (Phi) is 8.30. The topological polar surface area (TPSA) is 17.0 Å². The van der Waals surface area contributed by atoms with Gasteiger partial charge in [-0.1, -0.05) is 183 Å². The Hall–Kier alpha value is -7.68. The van der Waals surface area contributed by atoms with E-state index in [9.17, 15) is 0 Å². The smallest absolute Gasteiger partial charge is 0.0720 e. The third kappa shape index (κ3) is 5.50. The van der Waals surface area contributed by atoms with Crippen molar-refractivity contribution >= 4 is 44.0 Å². The molecule has 2 heteroatoms. The first-order valence-electron chi connectivity index (χ1n) is 21.7. The molecule has 0 saturated carbocycles. The summed E-state index contributed by atoms with van der Waals surface area (Å²) in [6.45, 7) is 2.36. The highest BCUT2D eigenvalue weighted by molar-refractivity contribution is 6.16. The first kappa shape index (κ1) is 36.2. The van der Waals surface area contributed by atoms with Crippen molar-refractivity contribution < 1.29 is 0 Å². The summed E-state index contributed by atoms with van der Waals surface area (Å²) in [5, 5.41) is 8.77. The van der Waals surface area contributed by atoms with Gasteiger partial charge in [-0.3, -0.25) is 0 Å². The van der Waals surface area contributed by atoms with Crippen molar-refractivity contribution in [3.05, 3.63) is 258 Å². The Morgan fingerprint density at radius 2 is 1.16 bits per heavy atom. The van der Waals surface area contributed by atoms with Crippen molar-refractivity contribution in [1.29, 1.82) is 0 Å². The Labute approximate surface area is 362 Å². The van der Waals surface area contributed by atoms with E-state index in [1.807, 2.05) is 0 Å². The van der Waals surface area contributed by atoms with Crippen LogP contribution in [0.5, 0.6) is 0 Å². The van der Waals surface area contributed by atoms with Gasteiger partial charge in [-0.25, -0.2) is 0 Å². The monoisotopic (exact) mass is 792 g/mol. The molecule has 2 aliphatic rings. The molecule has 1 N–H and O–H groups in total. The van der Waals surface area contributed by atoms with Crippen LogP contribution in [0.2, 0.25) is 0 Å². The number of rotatable bonds is 7. The maximum atomic E-state index is 3.78. The molecule has 2 aliphatic carbocycles. The molecule has 0 aliphatic heterocycles. The van der Waals surface area contributed by atoms with Gasteiger partial charge in [-0.05, 0) is 122 Å². The minimum absolute atomic E-state index is 0.171. The lowest BCUT2D eigenvalue weighted by atomic mass is 9.67. The van der Waals surface area contributed by atoms with Crippen molar-refractivity contribution in [3.8, 4) is 27.9 Å². The summed E-state index contributed by atoms with van der Waals surface area (Å²) in [4.78, 5) is 0. The number of benzene rings is 9. The molecule has 0 bridgehead atoms. The van der Waals surface area contributed by atoms with Gasteiger partial charge in [0, 0.05) is 33.2 Å². The summed E-state index contributed by atoms with van der Waals surface area (Å²) in [6.07, 6.45) is 9.94. The number of fused-ring (bicyclic) bond motifs is 8. The molecule has 10 aromatic rings. The van der Waals surface area contributed by atoms with Gasteiger partial charge in [0.1, 0.15) is 0 Å². The van der Waals surface area contributed by atoms with Gasteiger partial charge < -0.3 is 9.88 Å². The van der Waals surface area contributed by atoms with Crippen molar-refractivity contribution in [2.24, 2.45) is 0 Å².